The van der Waals surface area contributed by atoms with Gasteiger partial charge in [-0.15, -0.1) is 0 Å². The van der Waals surface area contributed by atoms with Gasteiger partial charge in [0.2, 0.25) is 5.82 Å². The Bertz CT molecular complexity index is 853. The van der Waals surface area contributed by atoms with Gasteiger partial charge in [-0.1, -0.05) is 0 Å². The fourth-order valence-corrected chi connectivity index (χ4v) is 2.80. The number of nitrogens with one attached hydrogen (secondary N) is 1. The first kappa shape index (κ1) is 16.6. The second-order valence-electron chi connectivity index (χ2n) is 4.33. The monoisotopic (exact) mass is 344 g/mol. The number of nitro groups is 1. The molecule has 0 radical (unpaired) electrons. The molecule has 7 nitrogen and oxygen atoms in total. The highest BCUT2D eigenvalue weighted by molar-refractivity contribution is 7.92. The summed E-state index contributed by atoms with van der Waals surface area (Å²) in [4.78, 5) is 8.68. The molecular weight excluding hydrogens is 334 g/mol. The normalized spacial score (nSPS) is 11.1. The molecular formula is C13H10F2N2O5S. The molecule has 0 unspecified atom stereocenters. The van der Waals surface area contributed by atoms with Crippen molar-refractivity contribution in [2.24, 2.45) is 0 Å². The fourth-order valence-electron chi connectivity index (χ4n) is 1.71. The first-order chi connectivity index (χ1) is 10.7. The number of nitrogens with zero attached hydrogens (tertiary/aromatic N) is 1. The summed E-state index contributed by atoms with van der Waals surface area (Å²) in [6, 6.07) is 6.53. The van der Waals surface area contributed by atoms with Crippen LogP contribution in [0.2, 0.25) is 0 Å². The van der Waals surface area contributed by atoms with Crippen molar-refractivity contribution in [2.75, 3.05) is 11.8 Å². The number of nitro benzene ring substituents is 1. The Kier molecular flexibility index (Phi) is 4.45. The van der Waals surface area contributed by atoms with E-state index in [4.69, 9.17) is 4.74 Å². The number of methoxy groups -OCH3 is 1. The minimum absolute atomic E-state index is 0.123. The molecule has 0 saturated heterocycles. The molecule has 0 saturated carbocycles. The number of rotatable bonds is 5. The van der Waals surface area contributed by atoms with Crippen LogP contribution in [0.5, 0.6) is 5.75 Å². The Hall–Kier alpha value is -2.75. The van der Waals surface area contributed by atoms with Crippen LogP contribution in [0.3, 0.4) is 0 Å². The van der Waals surface area contributed by atoms with Crippen LogP contribution in [0.1, 0.15) is 0 Å². The Labute approximate surface area is 129 Å². The quantitative estimate of drug-likeness (QED) is 0.664. The van der Waals surface area contributed by atoms with Crippen molar-refractivity contribution in [3.05, 3.63) is 58.1 Å². The maximum Gasteiger partial charge on any atom is 0.309 e. The summed E-state index contributed by atoms with van der Waals surface area (Å²) in [5.74, 6) is -2.87. The van der Waals surface area contributed by atoms with Gasteiger partial charge in [0.05, 0.1) is 16.9 Å². The molecule has 0 aliphatic carbocycles. The molecule has 0 bridgehead atoms. The van der Waals surface area contributed by atoms with Crippen LogP contribution in [-0.4, -0.2) is 20.5 Å². The van der Waals surface area contributed by atoms with Crippen LogP contribution in [0.25, 0.3) is 0 Å². The summed E-state index contributed by atoms with van der Waals surface area (Å²) in [7, 11) is -2.90. The molecule has 0 fully saturated rings. The highest BCUT2D eigenvalue weighted by Crippen LogP contribution is 2.26. The molecule has 1 N–H and O–H groups in total. The lowest BCUT2D eigenvalue weighted by Gasteiger charge is -2.09. The van der Waals surface area contributed by atoms with Gasteiger partial charge < -0.3 is 4.74 Å². The predicted molar refractivity (Wildman–Crippen MR) is 76.8 cm³/mol. The largest absolute Gasteiger partial charge is 0.497 e. The van der Waals surface area contributed by atoms with E-state index in [1.54, 1.807) is 0 Å². The summed E-state index contributed by atoms with van der Waals surface area (Å²) in [5, 5.41) is 10.7. The van der Waals surface area contributed by atoms with E-state index in [2.05, 4.69) is 4.72 Å². The Morgan fingerprint density at radius 1 is 1.17 bits per heavy atom. The lowest BCUT2D eigenvalue weighted by molar-refractivity contribution is -0.388. The van der Waals surface area contributed by atoms with Crippen LogP contribution in [0.4, 0.5) is 20.2 Å². The van der Waals surface area contributed by atoms with E-state index >= 15 is 0 Å². The zero-order valence-electron chi connectivity index (χ0n) is 11.6. The molecule has 122 valence electrons. The van der Waals surface area contributed by atoms with Crippen LogP contribution >= 0.6 is 0 Å². The minimum Gasteiger partial charge on any atom is -0.497 e. The lowest BCUT2D eigenvalue weighted by atomic mass is 10.3. The minimum atomic E-state index is -4.33. The molecule has 0 heterocycles. The van der Waals surface area contributed by atoms with Gasteiger partial charge in [-0.25, -0.2) is 12.8 Å². The zero-order chi connectivity index (χ0) is 17.2. The van der Waals surface area contributed by atoms with Crippen molar-refractivity contribution in [1.29, 1.82) is 0 Å². The number of benzene rings is 2. The Morgan fingerprint density at radius 2 is 1.78 bits per heavy atom. The summed E-state index contributed by atoms with van der Waals surface area (Å²) >= 11 is 0. The van der Waals surface area contributed by atoms with Crippen molar-refractivity contribution in [3.63, 3.8) is 0 Å². The molecule has 0 atom stereocenters. The number of sulfonamides is 1. The summed E-state index contributed by atoms with van der Waals surface area (Å²) in [5.41, 5.74) is -1.14. The predicted octanol–water partition coefficient (Wildman–Crippen LogP) is 2.68. The van der Waals surface area contributed by atoms with E-state index in [0.29, 0.717) is 17.9 Å². The van der Waals surface area contributed by atoms with Gasteiger partial charge in [0.1, 0.15) is 5.75 Å². The second kappa shape index (κ2) is 6.16. The maximum absolute atomic E-state index is 13.4. The number of anilines is 1. The zero-order valence-corrected chi connectivity index (χ0v) is 12.4. The molecule has 0 amide bonds. The highest BCUT2D eigenvalue weighted by Gasteiger charge is 2.25. The third-order valence-electron chi connectivity index (χ3n) is 2.83. The summed E-state index contributed by atoms with van der Waals surface area (Å²) in [6.45, 7) is 0. The van der Waals surface area contributed by atoms with Crippen LogP contribution in [0.15, 0.2) is 41.3 Å². The van der Waals surface area contributed by atoms with E-state index in [9.17, 15) is 27.3 Å². The van der Waals surface area contributed by atoms with Crippen molar-refractivity contribution >= 4 is 21.4 Å². The molecule has 0 spiro atoms. The average molecular weight is 344 g/mol. The molecule has 0 aliphatic rings. The second-order valence-corrected chi connectivity index (χ2v) is 6.01. The number of hydrogen-bond acceptors (Lipinski definition) is 5. The van der Waals surface area contributed by atoms with Gasteiger partial charge in [0.15, 0.2) is 5.82 Å². The summed E-state index contributed by atoms with van der Waals surface area (Å²) < 4.78 is 58.0. The van der Waals surface area contributed by atoms with Crippen LogP contribution in [-0.2, 0) is 10.0 Å². The van der Waals surface area contributed by atoms with E-state index in [1.807, 2.05) is 0 Å². The van der Waals surface area contributed by atoms with Crippen molar-refractivity contribution in [3.8, 4) is 5.75 Å². The molecule has 0 aliphatic heterocycles. The van der Waals surface area contributed by atoms with Gasteiger partial charge >= 0.3 is 5.69 Å². The maximum atomic E-state index is 13.4. The van der Waals surface area contributed by atoms with Crippen molar-refractivity contribution in [1.82, 2.24) is 0 Å². The molecule has 23 heavy (non-hydrogen) atoms. The van der Waals surface area contributed by atoms with E-state index < -0.39 is 37.2 Å². The highest BCUT2D eigenvalue weighted by atomic mass is 32.2. The smallest absolute Gasteiger partial charge is 0.309 e. The van der Waals surface area contributed by atoms with Gasteiger partial charge in [0, 0.05) is 11.8 Å². The van der Waals surface area contributed by atoms with Gasteiger partial charge in [-0.05, 0) is 30.3 Å². The Morgan fingerprint density at radius 3 is 2.30 bits per heavy atom. The first-order valence-corrected chi connectivity index (χ1v) is 7.53. The first-order valence-electron chi connectivity index (χ1n) is 6.05. The topological polar surface area (TPSA) is 98.5 Å². The molecule has 10 heteroatoms. The third kappa shape index (κ3) is 3.54. The number of halogens is 2. The van der Waals surface area contributed by atoms with Gasteiger partial charge in [0.25, 0.3) is 10.0 Å². The number of ether oxygens (including phenoxy) is 1. The van der Waals surface area contributed by atoms with Crippen molar-refractivity contribution in [2.45, 2.75) is 4.90 Å². The van der Waals surface area contributed by atoms with Crippen molar-refractivity contribution < 1.29 is 26.9 Å². The van der Waals surface area contributed by atoms with E-state index in [-0.39, 0.29) is 5.69 Å². The Balaban J connectivity index is 2.41. The molecule has 2 aromatic carbocycles. The SMILES string of the molecule is COc1ccc(NS(=O)(=O)c2cc(F)c(F)c([N+](=O)[O-])c2)cc1. The molecule has 0 aromatic heterocycles. The molecule has 2 aromatic rings. The molecule has 2 rings (SSSR count). The third-order valence-corrected chi connectivity index (χ3v) is 4.19. The lowest BCUT2D eigenvalue weighted by Crippen LogP contribution is -2.14. The fraction of sp³-hybridized carbons (Fsp3) is 0.0769. The van der Waals surface area contributed by atoms with Gasteiger partial charge in [-0.2, -0.15) is 4.39 Å². The standard InChI is InChI=1S/C13H10F2N2O5S/c1-22-9-4-2-8(3-5-9)16-23(20,21)10-6-11(14)13(15)12(7-10)17(18)19/h2-7,16H,1H3. The van der Waals surface area contributed by atoms with E-state index in [0.717, 1.165) is 0 Å². The van der Waals surface area contributed by atoms with E-state index in [1.165, 1.54) is 31.4 Å². The average Bonchev–Trinajstić information content (AvgIpc) is 2.49. The van der Waals surface area contributed by atoms with Crippen LogP contribution < -0.4 is 9.46 Å². The summed E-state index contributed by atoms with van der Waals surface area (Å²) in [6.07, 6.45) is 0. The van der Waals surface area contributed by atoms with Crippen LogP contribution in [0, 0.1) is 21.7 Å². The number of hydrogen-bond donors (Lipinski definition) is 1. The van der Waals surface area contributed by atoms with Gasteiger partial charge in [-0.3, -0.25) is 14.8 Å².